The predicted molar refractivity (Wildman–Crippen MR) is 236 cm³/mol. The molecule has 0 aromatic heterocycles. The number of nitrogens with zero attached hydrogens (tertiary/aromatic N) is 2. The summed E-state index contributed by atoms with van der Waals surface area (Å²) in [5.41, 5.74) is 2.27. The van der Waals surface area contributed by atoms with E-state index in [1.54, 1.807) is 72.8 Å². The fourth-order valence-electron chi connectivity index (χ4n) is 5.69. The van der Waals surface area contributed by atoms with E-state index >= 15 is 0 Å². The number of aliphatic hydroxyl groups excluding tert-OH is 1. The van der Waals surface area contributed by atoms with Gasteiger partial charge in [-0.3, -0.25) is 24.0 Å². The molecular weight excluding hydrogens is 869 g/mol. The maximum absolute atomic E-state index is 12.8. The van der Waals surface area contributed by atoms with Crippen molar-refractivity contribution >= 4 is 93.0 Å². The molecule has 0 spiro atoms. The number of carbonyl (C=O) groups is 7. The van der Waals surface area contributed by atoms with Gasteiger partial charge >= 0.3 is 17.9 Å². The summed E-state index contributed by atoms with van der Waals surface area (Å²) in [5.74, 6) is -5.87. The molecule has 330 valence electrons. The molecule has 4 aromatic rings. The smallest absolute Gasteiger partial charge is 0.355 e. The average Bonchev–Trinajstić information content (AvgIpc) is 3.30. The summed E-state index contributed by atoms with van der Waals surface area (Å²) in [6.07, 6.45) is -2.06. The highest BCUT2D eigenvalue weighted by molar-refractivity contribution is 7.78. The van der Waals surface area contributed by atoms with Crippen molar-refractivity contribution in [3.8, 4) is 11.5 Å². The van der Waals surface area contributed by atoms with Crippen molar-refractivity contribution in [2.45, 2.75) is 44.6 Å². The number of hydrogen-bond acceptors (Lipinski definition) is 17. The molecule has 0 heterocycles. The summed E-state index contributed by atoms with van der Waals surface area (Å²) in [6.45, 7) is -1.12. The van der Waals surface area contributed by atoms with Crippen LogP contribution in [0.15, 0.2) is 107 Å². The Morgan fingerprint density at radius 3 is 1.52 bits per heavy atom. The third-order valence-electron chi connectivity index (χ3n) is 9.15. The topological polar surface area (TPSA) is 257 Å². The fourth-order valence-corrected chi connectivity index (χ4v) is 5.90. The van der Waals surface area contributed by atoms with Gasteiger partial charge in [0.25, 0.3) is 5.91 Å². The Kier molecular flexibility index (Phi) is 19.6. The molecule has 2 atom stereocenters. The highest BCUT2D eigenvalue weighted by Gasteiger charge is 2.25. The highest BCUT2D eigenvalue weighted by atomic mass is 32.1. The lowest BCUT2D eigenvalue weighted by Crippen LogP contribution is -2.40. The molecule has 64 heavy (non-hydrogen) atoms. The van der Waals surface area contributed by atoms with E-state index < -0.39 is 73.3 Å². The maximum Gasteiger partial charge on any atom is 0.355 e. The van der Waals surface area contributed by atoms with E-state index in [0.717, 1.165) is 0 Å². The van der Waals surface area contributed by atoms with Gasteiger partial charge in [0.05, 0.1) is 65.4 Å². The second kappa shape index (κ2) is 25.5. The van der Waals surface area contributed by atoms with Gasteiger partial charge in [0.15, 0.2) is 24.0 Å². The van der Waals surface area contributed by atoms with Crippen LogP contribution in [0.5, 0.6) is 11.5 Å². The Morgan fingerprint density at radius 2 is 1.08 bits per heavy atom. The SMILES string of the molecule is N=C(CC(CCC(=O)OOC(=O)CCC(CO)NC(=O)COc1ccc(C(=O)c2ccc(N=C=S)cc2)cc1)C(=O)O)C(=O)CCOc1ccc(C(=O)c2ccc(N=C=S)cc2)cc1. The molecular formula is C45H40N4O13S2. The highest BCUT2D eigenvalue weighted by Crippen LogP contribution is 2.21. The first-order chi connectivity index (χ1) is 30.8. The number of carbonyl (C=O) groups excluding carboxylic acids is 6. The molecule has 19 heteroatoms. The van der Waals surface area contributed by atoms with Gasteiger partial charge in [0.2, 0.25) is 0 Å². The first kappa shape index (κ1) is 49.3. The summed E-state index contributed by atoms with van der Waals surface area (Å²) < 4.78 is 11.0. The number of ether oxygens (including phenoxy) is 2. The van der Waals surface area contributed by atoms with Crippen LogP contribution < -0.4 is 14.8 Å². The van der Waals surface area contributed by atoms with Crippen molar-refractivity contribution in [3.63, 3.8) is 0 Å². The van der Waals surface area contributed by atoms with Crippen molar-refractivity contribution in [1.82, 2.24) is 5.32 Å². The zero-order valence-electron chi connectivity index (χ0n) is 33.9. The number of Topliss-reactive ketones (excluding diaryl/α,β-unsaturated/α-hetero) is 1. The van der Waals surface area contributed by atoms with Gasteiger partial charge < -0.3 is 30.4 Å². The summed E-state index contributed by atoms with van der Waals surface area (Å²) in [7, 11) is 0. The monoisotopic (exact) mass is 908 g/mol. The number of aliphatic imine (C=N–C) groups is 2. The van der Waals surface area contributed by atoms with Crippen LogP contribution in [0.3, 0.4) is 0 Å². The molecule has 17 nitrogen and oxygen atoms in total. The van der Waals surface area contributed by atoms with Gasteiger partial charge in [-0.15, -0.1) is 0 Å². The van der Waals surface area contributed by atoms with Crippen LogP contribution in [0.2, 0.25) is 0 Å². The van der Waals surface area contributed by atoms with Crippen LogP contribution in [0.1, 0.15) is 70.4 Å². The Bertz CT molecular complexity index is 2430. The van der Waals surface area contributed by atoms with Crippen molar-refractivity contribution in [3.05, 3.63) is 119 Å². The minimum atomic E-state index is -1.36. The normalized spacial score (nSPS) is 11.3. The number of hydrogen-bond donors (Lipinski definition) is 4. The number of aliphatic carboxylic acids is 1. The molecule has 1 amide bonds. The number of isothiocyanates is 2. The zero-order chi connectivity index (χ0) is 46.4. The van der Waals surface area contributed by atoms with Crippen LogP contribution >= 0.6 is 24.4 Å². The molecule has 2 unspecified atom stereocenters. The van der Waals surface area contributed by atoms with Gasteiger partial charge in [-0.2, -0.15) is 9.98 Å². The largest absolute Gasteiger partial charge is 0.493 e. The van der Waals surface area contributed by atoms with E-state index in [-0.39, 0.29) is 43.9 Å². The lowest BCUT2D eigenvalue weighted by Gasteiger charge is -2.16. The van der Waals surface area contributed by atoms with E-state index in [1.807, 2.05) is 0 Å². The Hall–Kier alpha value is -7.40. The molecule has 4 aromatic carbocycles. The molecule has 4 N–H and O–H groups in total. The zero-order valence-corrected chi connectivity index (χ0v) is 35.5. The van der Waals surface area contributed by atoms with Gasteiger partial charge in [-0.05, 0) is 134 Å². The number of carboxylic acids is 1. The molecule has 0 fully saturated rings. The van der Waals surface area contributed by atoms with Gasteiger partial charge in [-0.1, -0.05) is 0 Å². The molecule has 0 aliphatic heterocycles. The second-order valence-electron chi connectivity index (χ2n) is 13.7. The number of rotatable bonds is 25. The Morgan fingerprint density at radius 1 is 0.641 bits per heavy atom. The second-order valence-corrected chi connectivity index (χ2v) is 14.0. The van der Waals surface area contributed by atoms with Gasteiger partial charge in [0.1, 0.15) is 11.5 Å². The van der Waals surface area contributed by atoms with Crippen LogP contribution in [-0.4, -0.2) is 93.3 Å². The van der Waals surface area contributed by atoms with Crippen molar-refractivity contribution in [2.75, 3.05) is 19.8 Å². The third-order valence-corrected chi connectivity index (χ3v) is 9.34. The lowest BCUT2D eigenvalue weighted by molar-refractivity contribution is -0.259. The summed E-state index contributed by atoms with van der Waals surface area (Å²) in [4.78, 5) is 103. The quantitative estimate of drug-likeness (QED) is 0.0190. The van der Waals surface area contributed by atoms with Gasteiger partial charge in [-0.25, -0.2) is 19.4 Å². The molecule has 0 aliphatic carbocycles. The van der Waals surface area contributed by atoms with E-state index in [2.05, 4.69) is 59.8 Å². The molecule has 0 bridgehead atoms. The van der Waals surface area contributed by atoms with Crippen molar-refractivity contribution in [1.29, 1.82) is 5.41 Å². The maximum atomic E-state index is 12.8. The summed E-state index contributed by atoms with van der Waals surface area (Å²) >= 11 is 9.15. The van der Waals surface area contributed by atoms with Gasteiger partial charge in [0, 0.05) is 35.1 Å². The number of ketones is 3. The van der Waals surface area contributed by atoms with E-state index in [1.165, 1.54) is 24.3 Å². The molecule has 0 aliphatic rings. The van der Waals surface area contributed by atoms with Crippen molar-refractivity contribution < 1.29 is 63.0 Å². The van der Waals surface area contributed by atoms with E-state index in [0.29, 0.717) is 45.1 Å². The summed E-state index contributed by atoms with van der Waals surface area (Å²) in [5, 5.41) is 34.4. The Labute approximate surface area is 376 Å². The molecule has 0 radical (unpaired) electrons. The first-order valence-electron chi connectivity index (χ1n) is 19.3. The number of aliphatic hydroxyl groups is 1. The predicted octanol–water partition coefficient (Wildman–Crippen LogP) is 6.18. The average molecular weight is 909 g/mol. The van der Waals surface area contributed by atoms with Crippen LogP contribution in [0.4, 0.5) is 11.4 Å². The number of thiocarbonyl (C=S) groups is 2. The minimum Gasteiger partial charge on any atom is -0.493 e. The number of amides is 1. The molecule has 0 saturated heterocycles. The molecule has 0 saturated carbocycles. The fraction of sp³-hybridized carbons (Fsp3) is 0.244. The third kappa shape index (κ3) is 16.1. The minimum absolute atomic E-state index is 0.105. The Balaban J connectivity index is 1.10. The van der Waals surface area contributed by atoms with Crippen LogP contribution in [0.25, 0.3) is 0 Å². The number of nitrogens with one attached hydrogen (secondary N) is 2. The lowest BCUT2D eigenvalue weighted by atomic mass is 9.94. The van der Waals surface area contributed by atoms with E-state index in [9.17, 15) is 43.8 Å². The number of benzene rings is 4. The summed E-state index contributed by atoms with van der Waals surface area (Å²) in [6, 6.07) is 24.4. The number of carboxylic acid groups (broad SMARTS) is 1. The van der Waals surface area contributed by atoms with Crippen molar-refractivity contribution in [2.24, 2.45) is 15.9 Å². The van der Waals surface area contributed by atoms with E-state index in [4.69, 9.17) is 14.9 Å². The standard InChI is InChI=1S/C45H40N4O13S2/c46-38(39(51)21-22-59-36-15-5-30(6-16-36)43(55)28-1-10-33(11-2-28)47-26-63)23-32(45(57)58)9-19-41(53)61-62-42(54)20-14-35(24-50)49-40(52)25-60-37-17-7-31(8-18-37)44(56)29-3-12-34(13-4-29)48-27-64/h1-8,10-13,15-18,32,35,46,50H,9,14,19-25H2,(H,49,52)(H,57,58). The molecule has 4 rings (SSSR count). The first-order valence-corrected chi connectivity index (χ1v) is 20.2. The van der Waals surface area contributed by atoms with Crippen LogP contribution in [-0.2, 0) is 33.7 Å². The van der Waals surface area contributed by atoms with Crippen LogP contribution in [0, 0.1) is 11.3 Å².